The summed E-state index contributed by atoms with van der Waals surface area (Å²) in [6, 6.07) is 0. The largest absolute Gasteiger partial charge is 0.501 e. The summed E-state index contributed by atoms with van der Waals surface area (Å²) in [6.07, 6.45) is 1.58. The highest BCUT2D eigenvalue weighted by atomic mass is 16.6. The quantitative estimate of drug-likeness (QED) is 0.369. The molecule has 12 heavy (non-hydrogen) atoms. The van der Waals surface area contributed by atoms with Crippen molar-refractivity contribution in [3.8, 4) is 0 Å². The summed E-state index contributed by atoms with van der Waals surface area (Å²) in [4.78, 5) is 11.0. The Balaban J connectivity index is 3.53. The van der Waals surface area contributed by atoms with Gasteiger partial charge in [-0.15, -0.1) is 0 Å². The van der Waals surface area contributed by atoms with Crippen LogP contribution in [0.4, 0.5) is 0 Å². The molecule has 0 aliphatic carbocycles. The van der Waals surface area contributed by atoms with E-state index in [0.717, 1.165) is 0 Å². The lowest BCUT2D eigenvalue weighted by Gasteiger charge is -2.19. The Morgan fingerprint density at radius 2 is 2.08 bits per heavy atom. The van der Waals surface area contributed by atoms with Crippen molar-refractivity contribution in [1.29, 1.82) is 0 Å². The molecule has 3 nitrogen and oxygen atoms in total. The van der Waals surface area contributed by atoms with E-state index in [-0.39, 0.29) is 12.4 Å². The topological polar surface area (TPSA) is 35.5 Å². The second-order valence-electron chi connectivity index (χ2n) is 3.37. The van der Waals surface area contributed by atoms with Gasteiger partial charge in [0.25, 0.3) is 0 Å². The molecule has 0 aliphatic rings. The van der Waals surface area contributed by atoms with Crippen LogP contribution in [-0.2, 0) is 14.3 Å². The van der Waals surface area contributed by atoms with Crippen molar-refractivity contribution in [2.24, 2.45) is 0 Å². The minimum absolute atomic E-state index is 0.246. The maximum Gasteiger partial charge on any atom is 0.309 e. The number of esters is 1. The van der Waals surface area contributed by atoms with E-state index < -0.39 is 5.60 Å². The van der Waals surface area contributed by atoms with E-state index >= 15 is 0 Å². The van der Waals surface area contributed by atoms with Crippen LogP contribution < -0.4 is 0 Å². The van der Waals surface area contributed by atoms with Gasteiger partial charge in [0.15, 0.2) is 0 Å². The summed E-state index contributed by atoms with van der Waals surface area (Å²) in [7, 11) is 0. The fourth-order valence-electron chi connectivity index (χ4n) is 0.618. The summed E-state index contributed by atoms with van der Waals surface area (Å²) < 4.78 is 9.81. The molecular formula is C9H16O3. The average Bonchev–Trinajstić information content (AvgIpc) is 1.84. The van der Waals surface area contributed by atoms with Crippen LogP contribution in [0.25, 0.3) is 0 Å². The molecule has 0 aromatic rings. The molecule has 70 valence electrons. The molecule has 0 amide bonds. The second kappa shape index (κ2) is 4.80. The van der Waals surface area contributed by atoms with Gasteiger partial charge in [-0.25, -0.2) is 0 Å². The highest BCUT2D eigenvalue weighted by molar-refractivity contribution is 5.69. The monoisotopic (exact) mass is 172 g/mol. The fourth-order valence-corrected chi connectivity index (χ4v) is 0.618. The van der Waals surface area contributed by atoms with Crippen molar-refractivity contribution < 1.29 is 14.3 Å². The Kier molecular flexibility index (Phi) is 4.40. The van der Waals surface area contributed by atoms with E-state index in [4.69, 9.17) is 9.47 Å². The van der Waals surface area contributed by atoms with Gasteiger partial charge < -0.3 is 9.47 Å². The summed E-state index contributed by atoms with van der Waals surface area (Å²) in [5.74, 6) is -0.246. The van der Waals surface area contributed by atoms with Gasteiger partial charge in [-0.1, -0.05) is 6.58 Å². The highest BCUT2D eigenvalue weighted by Crippen LogP contribution is 2.07. The molecule has 0 atom stereocenters. The van der Waals surface area contributed by atoms with Gasteiger partial charge in [0.05, 0.1) is 19.3 Å². The molecule has 0 heterocycles. The van der Waals surface area contributed by atoms with Gasteiger partial charge in [-0.05, 0) is 20.8 Å². The Morgan fingerprint density at radius 1 is 1.50 bits per heavy atom. The molecule has 3 heteroatoms. The molecule has 0 spiro atoms. The smallest absolute Gasteiger partial charge is 0.309 e. The number of carbonyl (C=O) groups is 1. The van der Waals surface area contributed by atoms with Gasteiger partial charge in [-0.2, -0.15) is 0 Å². The maximum absolute atomic E-state index is 11.0. The fraction of sp³-hybridized carbons (Fsp3) is 0.667. The van der Waals surface area contributed by atoms with Crippen LogP contribution in [0.15, 0.2) is 12.8 Å². The van der Waals surface area contributed by atoms with Crippen molar-refractivity contribution in [3.63, 3.8) is 0 Å². The van der Waals surface area contributed by atoms with Crippen molar-refractivity contribution in [1.82, 2.24) is 0 Å². The zero-order chi connectivity index (χ0) is 9.61. The molecule has 0 saturated carbocycles. The lowest BCUT2D eigenvalue weighted by atomic mass is 10.2. The molecule has 0 N–H and O–H groups in total. The van der Waals surface area contributed by atoms with Gasteiger partial charge in [0.1, 0.15) is 5.60 Å². The molecule has 0 unspecified atom stereocenters. The molecule has 0 aromatic heterocycles. The number of hydrogen-bond donors (Lipinski definition) is 0. The molecule has 0 aromatic carbocycles. The van der Waals surface area contributed by atoms with Gasteiger partial charge in [-0.3, -0.25) is 4.79 Å². The first kappa shape index (κ1) is 11.0. The van der Waals surface area contributed by atoms with E-state index in [1.165, 1.54) is 6.26 Å². The molecule has 0 radical (unpaired) electrons. The first-order chi connectivity index (χ1) is 5.45. The SMILES string of the molecule is C=COCCC(=O)OC(C)(C)C. The normalized spacial score (nSPS) is 10.6. The average molecular weight is 172 g/mol. The third kappa shape index (κ3) is 7.12. The van der Waals surface area contributed by atoms with Crippen molar-refractivity contribution in [2.45, 2.75) is 32.8 Å². The van der Waals surface area contributed by atoms with Crippen LogP contribution in [0.5, 0.6) is 0 Å². The summed E-state index contributed by atoms with van der Waals surface area (Å²) >= 11 is 0. The van der Waals surface area contributed by atoms with Gasteiger partial charge >= 0.3 is 5.97 Å². The van der Waals surface area contributed by atoms with Crippen molar-refractivity contribution in [2.75, 3.05) is 6.61 Å². The first-order valence-electron chi connectivity index (χ1n) is 3.90. The van der Waals surface area contributed by atoms with Crippen LogP contribution in [0, 0.1) is 0 Å². The molecule has 0 rings (SSSR count). The first-order valence-corrected chi connectivity index (χ1v) is 3.90. The van der Waals surface area contributed by atoms with Crippen LogP contribution in [-0.4, -0.2) is 18.2 Å². The third-order valence-electron chi connectivity index (χ3n) is 0.962. The summed E-state index contributed by atoms with van der Waals surface area (Å²) in [6.45, 7) is 9.19. The molecule has 0 bridgehead atoms. The summed E-state index contributed by atoms with van der Waals surface area (Å²) in [5, 5.41) is 0. The van der Waals surface area contributed by atoms with Crippen molar-refractivity contribution in [3.05, 3.63) is 12.8 Å². The molecule has 0 aliphatic heterocycles. The van der Waals surface area contributed by atoms with Gasteiger partial charge in [0, 0.05) is 0 Å². The number of rotatable bonds is 4. The van der Waals surface area contributed by atoms with Crippen molar-refractivity contribution >= 4 is 5.97 Å². The lowest BCUT2D eigenvalue weighted by molar-refractivity contribution is -0.155. The second-order valence-corrected chi connectivity index (χ2v) is 3.37. The zero-order valence-electron chi connectivity index (χ0n) is 7.92. The number of hydrogen-bond acceptors (Lipinski definition) is 3. The highest BCUT2D eigenvalue weighted by Gasteiger charge is 2.15. The predicted molar refractivity (Wildman–Crippen MR) is 46.6 cm³/mol. The molecular weight excluding hydrogens is 156 g/mol. The third-order valence-corrected chi connectivity index (χ3v) is 0.962. The van der Waals surface area contributed by atoms with Crippen LogP contribution in [0.3, 0.4) is 0 Å². The number of ether oxygens (including phenoxy) is 2. The van der Waals surface area contributed by atoms with E-state index in [2.05, 4.69) is 6.58 Å². The van der Waals surface area contributed by atoms with E-state index in [9.17, 15) is 4.79 Å². The van der Waals surface area contributed by atoms with Crippen LogP contribution in [0.2, 0.25) is 0 Å². The Morgan fingerprint density at radius 3 is 2.50 bits per heavy atom. The Bertz CT molecular complexity index is 156. The standard InChI is InChI=1S/C9H16O3/c1-5-11-7-6-8(10)12-9(2,3)4/h5H,1,6-7H2,2-4H3. The van der Waals surface area contributed by atoms with Gasteiger partial charge in [0.2, 0.25) is 0 Å². The minimum atomic E-state index is -0.411. The maximum atomic E-state index is 11.0. The van der Waals surface area contributed by atoms with E-state index in [0.29, 0.717) is 6.61 Å². The Labute approximate surface area is 73.4 Å². The van der Waals surface area contributed by atoms with Crippen LogP contribution in [0.1, 0.15) is 27.2 Å². The number of carbonyl (C=O) groups excluding carboxylic acids is 1. The summed E-state index contributed by atoms with van der Waals surface area (Å²) in [5.41, 5.74) is -0.411. The molecule has 0 fully saturated rings. The van der Waals surface area contributed by atoms with E-state index in [1.54, 1.807) is 0 Å². The minimum Gasteiger partial charge on any atom is -0.501 e. The van der Waals surface area contributed by atoms with E-state index in [1.807, 2.05) is 20.8 Å². The lowest BCUT2D eigenvalue weighted by Crippen LogP contribution is -2.24. The Hall–Kier alpha value is -0.990. The zero-order valence-corrected chi connectivity index (χ0v) is 7.92. The molecule has 0 saturated heterocycles. The predicted octanol–water partition coefficient (Wildman–Crippen LogP) is 1.88. The van der Waals surface area contributed by atoms with Crippen LogP contribution >= 0.6 is 0 Å².